The van der Waals surface area contributed by atoms with E-state index in [1.54, 1.807) is 18.7 Å². The highest BCUT2D eigenvalue weighted by atomic mass is 16.2. The number of piperidine rings is 1. The Hall–Kier alpha value is -3.22. The third kappa shape index (κ3) is 3.56. The van der Waals surface area contributed by atoms with Gasteiger partial charge in [-0.25, -0.2) is 4.98 Å². The van der Waals surface area contributed by atoms with E-state index in [-0.39, 0.29) is 5.91 Å². The first-order chi connectivity index (χ1) is 12.8. The zero-order valence-electron chi connectivity index (χ0n) is 14.3. The summed E-state index contributed by atoms with van der Waals surface area (Å²) in [6, 6.07) is 11.7. The van der Waals surface area contributed by atoms with Crippen LogP contribution in [0.15, 0.2) is 61.3 Å². The van der Waals surface area contributed by atoms with Crippen LogP contribution in [0.2, 0.25) is 0 Å². The SMILES string of the molecule is O=C(c1ccc(-n2ccnc2)cc1)N1CCC(Nc2cccnn2)CC1. The van der Waals surface area contributed by atoms with Crippen molar-refractivity contribution in [3.63, 3.8) is 0 Å². The highest BCUT2D eigenvalue weighted by Crippen LogP contribution is 2.18. The molecule has 0 radical (unpaired) electrons. The lowest BCUT2D eigenvalue weighted by Gasteiger charge is -2.32. The zero-order chi connectivity index (χ0) is 17.8. The molecular weight excluding hydrogens is 328 g/mol. The number of hydrogen-bond acceptors (Lipinski definition) is 5. The van der Waals surface area contributed by atoms with Crippen molar-refractivity contribution in [2.24, 2.45) is 0 Å². The predicted octanol–water partition coefficient (Wildman–Crippen LogP) is 2.38. The number of aromatic nitrogens is 4. The molecule has 1 aliphatic rings. The number of nitrogens with zero attached hydrogens (tertiary/aromatic N) is 5. The largest absolute Gasteiger partial charge is 0.366 e. The maximum atomic E-state index is 12.7. The number of rotatable bonds is 4. The molecule has 1 saturated heterocycles. The van der Waals surface area contributed by atoms with Crippen molar-refractivity contribution in [3.8, 4) is 5.69 Å². The number of hydrogen-bond donors (Lipinski definition) is 1. The van der Waals surface area contributed by atoms with Crippen molar-refractivity contribution in [1.29, 1.82) is 0 Å². The van der Waals surface area contributed by atoms with E-state index in [2.05, 4.69) is 20.5 Å². The van der Waals surface area contributed by atoms with Crippen LogP contribution in [0.3, 0.4) is 0 Å². The van der Waals surface area contributed by atoms with Crippen LogP contribution in [0, 0.1) is 0 Å². The molecule has 1 aromatic carbocycles. The van der Waals surface area contributed by atoms with E-state index < -0.39 is 0 Å². The minimum absolute atomic E-state index is 0.0835. The lowest BCUT2D eigenvalue weighted by atomic mass is 10.0. The van der Waals surface area contributed by atoms with Gasteiger partial charge in [-0.15, -0.1) is 5.10 Å². The van der Waals surface area contributed by atoms with Gasteiger partial charge >= 0.3 is 0 Å². The molecule has 1 N–H and O–H groups in total. The molecule has 7 heteroatoms. The van der Waals surface area contributed by atoms with Crippen LogP contribution in [0.25, 0.3) is 5.69 Å². The first kappa shape index (κ1) is 16.3. The van der Waals surface area contributed by atoms with Crippen LogP contribution in [-0.4, -0.2) is 49.7 Å². The van der Waals surface area contributed by atoms with Crippen molar-refractivity contribution < 1.29 is 4.79 Å². The molecule has 0 bridgehead atoms. The van der Waals surface area contributed by atoms with Crippen LogP contribution < -0.4 is 5.32 Å². The van der Waals surface area contributed by atoms with E-state index in [1.807, 2.05) is 52.1 Å². The van der Waals surface area contributed by atoms with Crippen LogP contribution in [0.4, 0.5) is 5.82 Å². The highest BCUT2D eigenvalue weighted by Gasteiger charge is 2.23. The summed E-state index contributed by atoms with van der Waals surface area (Å²) in [5.74, 6) is 0.868. The Morgan fingerprint density at radius 2 is 1.88 bits per heavy atom. The first-order valence-electron chi connectivity index (χ1n) is 8.71. The number of likely N-dealkylation sites (tertiary alicyclic amines) is 1. The lowest BCUT2D eigenvalue weighted by Crippen LogP contribution is -2.42. The number of carbonyl (C=O) groups excluding carboxylic acids is 1. The summed E-state index contributed by atoms with van der Waals surface area (Å²) < 4.78 is 1.91. The number of imidazole rings is 1. The van der Waals surface area contributed by atoms with Gasteiger partial charge in [0.1, 0.15) is 5.82 Å². The van der Waals surface area contributed by atoms with Crippen LogP contribution in [0.1, 0.15) is 23.2 Å². The summed E-state index contributed by atoms with van der Waals surface area (Å²) in [5, 5.41) is 11.3. The number of benzene rings is 1. The molecule has 1 amide bonds. The normalized spacial score (nSPS) is 15.0. The molecule has 0 atom stereocenters. The Labute approximate surface area is 151 Å². The fraction of sp³-hybridized carbons (Fsp3) is 0.263. The summed E-state index contributed by atoms with van der Waals surface area (Å²) in [6.07, 6.45) is 8.81. The van der Waals surface area contributed by atoms with Crippen molar-refractivity contribution in [3.05, 3.63) is 66.9 Å². The summed E-state index contributed by atoms with van der Waals surface area (Å²) in [7, 11) is 0. The van der Waals surface area contributed by atoms with Crippen molar-refractivity contribution in [2.75, 3.05) is 18.4 Å². The van der Waals surface area contributed by atoms with Gasteiger partial charge in [0.05, 0.1) is 6.33 Å². The third-order valence-electron chi connectivity index (χ3n) is 4.62. The van der Waals surface area contributed by atoms with E-state index in [0.29, 0.717) is 11.6 Å². The Balaban J connectivity index is 1.34. The van der Waals surface area contributed by atoms with E-state index in [9.17, 15) is 4.79 Å². The van der Waals surface area contributed by atoms with Crippen molar-refractivity contribution >= 4 is 11.7 Å². The number of amides is 1. The second kappa shape index (κ2) is 7.35. The van der Waals surface area contributed by atoms with Gasteiger partial charge in [-0.2, -0.15) is 5.10 Å². The fourth-order valence-electron chi connectivity index (χ4n) is 3.19. The van der Waals surface area contributed by atoms with E-state index >= 15 is 0 Å². The summed E-state index contributed by atoms with van der Waals surface area (Å²) in [4.78, 5) is 18.7. The van der Waals surface area contributed by atoms with Crippen molar-refractivity contribution in [2.45, 2.75) is 18.9 Å². The fourth-order valence-corrected chi connectivity index (χ4v) is 3.19. The van der Waals surface area contributed by atoms with Crippen molar-refractivity contribution in [1.82, 2.24) is 24.6 Å². The average molecular weight is 348 g/mol. The Kier molecular flexibility index (Phi) is 4.59. The van der Waals surface area contributed by atoms with E-state index in [4.69, 9.17) is 0 Å². The van der Waals surface area contributed by atoms with Gasteiger partial charge in [-0.1, -0.05) is 0 Å². The first-order valence-corrected chi connectivity index (χ1v) is 8.71. The molecule has 1 fully saturated rings. The molecular formula is C19H20N6O. The topological polar surface area (TPSA) is 75.9 Å². The predicted molar refractivity (Wildman–Crippen MR) is 98.1 cm³/mol. The molecule has 0 aliphatic carbocycles. The maximum Gasteiger partial charge on any atom is 0.253 e. The van der Waals surface area contributed by atoms with Crippen LogP contribution in [0.5, 0.6) is 0 Å². The molecule has 0 spiro atoms. The second-order valence-corrected chi connectivity index (χ2v) is 6.34. The summed E-state index contributed by atoms with van der Waals surface area (Å²) in [5.41, 5.74) is 1.71. The van der Waals surface area contributed by atoms with Gasteiger partial charge in [0.15, 0.2) is 0 Å². The molecule has 2 aromatic heterocycles. The van der Waals surface area contributed by atoms with Crippen LogP contribution in [-0.2, 0) is 0 Å². The molecule has 1 aliphatic heterocycles. The Morgan fingerprint density at radius 3 is 2.54 bits per heavy atom. The average Bonchev–Trinajstić information content (AvgIpc) is 3.24. The Bertz CT molecular complexity index is 840. The zero-order valence-corrected chi connectivity index (χ0v) is 14.3. The summed E-state index contributed by atoms with van der Waals surface area (Å²) in [6.45, 7) is 1.47. The molecule has 3 aromatic rings. The molecule has 3 heterocycles. The number of carbonyl (C=O) groups is 1. The molecule has 0 saturated carbocycles. The maximum absolute atomic E-state index is 12.7. The Morgan fingerprint density at radius 1 is 1.08 bits per heavy atom. The minimum Gasteiger partial charge on any atom is -0.366 e. The van der Waals surface area contributed by atoms with Gasteiger partial charge in [0, 0.05) is 49.0 Å². The minimum atomic E-state index is 0.0835. The van der Waals surface area contributed by atoms with E-state index in [1.165, 1.54) is 0 Å². The van der Waals surface area contributed by atoms with Gasteiger partial charge in [0.2, 0.25) is 0 Å². The van der Waals surface area contributed by atoms with Crippen LogP contribution >= 0.6 is 0 Å². The number of nitrogens with one attached hydrogen (secondary N) is 1. The smallest absolute Gasteiger partial charge is 0.253 e. The lowest BCUT2D eigenvalue weighted by molar-refractivity contribution is 0.0718. The molecule has 7 nitrogen and oxygen atoms in total. The van der Waals surface area contributed by atoms with Gasteiger partial charge < -0.3 is 14.8 Å². The van der Waals surface area contributed by atoms with Gasteiger partial charge in [0.25, 0.3) is 5.91 Å². The summed E-state index contributed by atoms with van der Waals surface area (Å²) >= 11 is 0. The molecule has 4 rings (SSSR count). The molecule has 132 valence electrons. The third-order valence-corrected chi connectivity index (χ3v) is 4.62. The monoisotopic (exact) mass is 348 g/mol. The van der Waals surface area contributed by atoms with Gasteiger partial charge in [-0.05, 0) is 49.2 Å². The van der Waals surface area contributed by atoms with E-state index in [0.717, 1.165) is 37.4 Å². The van der Waals surface area contributed by atoms with Gasteiger partial charge in [-0.3, -0.25) is 4.79 Å². The highest BCUT2D eigenvalue weighted by molar-refractivity contribution is 5.94. The quantitative estimate of drug-likeness (QED) is 0.783. The second-order valence-electron chi connectivity index (χ2n) is 6.34. The standard InChI is InChI=1S/C19H20N6O/c26-19(15-3-5-17(6-4-15)25-13-10-20-14-25)24-11-7-16(8-12-24)22-18-2-1-9-21-23-18/h1-6,9-10,13-14,16H,7-8,11-12H2,(H,22,23). The number of anilines is 1. The molecule has 26 heavy (non-hydrogen) atoms. The molecule has 0 unspecified atom stereocenters.